The van der Waals surface area contributed by atoms with E-state index < -0.39 is 5.91 Å². The Morgan fingerprint density at radius 2 is 1.43 bits per heavy atom. The Hall–Kier alpha value is -4.12. The Bertz CT molecular complexity index is 1500. The average Bonchev–Trinajstić information content (AvgIpc) is 3.13. The van der Waals surface area contributed by atoms with Crippen molar-refractivity contribution in [2.75, 3.05) is 75.7 Å². The van der Waals surface area contributed by atoms with Crippen molar-refractivity contribution in [2.24, 2.45) is 5.10 Å². The van der Waals surface area contributed by atoms with E-state index in [1.165, 1.54) is 24.8 Å². The Morgan fingerprint density at radius 3 is 2.08 bits per heavy atom. The van der Waals surface area contributed by atoms with Crippen molar-refractivity contribution in [1.29, 1.82) is 0 Å². The topological polar surface area (TPSA) is 83.5 Å². The van der Waals surface area contributed by atoms with E-state index in [1.807, 2.05) is 24.3 Å². The number of nitrogens with zero attached hydrogens (tertiary/aromatic N) is 5. The van der Waals surface area contributed by atoms with Crippen molar-refractivity contribution in [3.05, 3.63) is 94.8 Å². The van der Waals surface area contributed by atoms with Crippen LogP contribution in [0.5, 0.6) is 0 Å². The summed E-state index contributed by atoms with van der Waals surface area (Å²) in [4.78, 5) is 36.8. The van der Waals surface area contributed by atoms with Crippen molar-refractivity contribution < 1.29 is 14.0 Å². The van der Waals surface area contributed by atoms with Crippen LogP contribution in [0.3, 0.4) is 0 Å². The summed E-state index contributed by atoms with van der Waals surface area (Å²) in [5.74, 6) is -1.14. The fourth-order valence-corrected chi connectivity index (χ4v) is 6.17. The zero-order valence-corrected chi connectivity index (χ0v) is 29.8. The first-order chi connectivity index (χ1) is 23.8. The first-order valence-electron chi connectivity index (χ1n) is 17.9. The Morgan fingerprint density at radius 1 is 0.776 bits per heavy atom. The number of amides is 2. The lowest BCUT2D eigenvalue weighted by atomic mass is 10.1. The number of likely N-dealkylation sites (N-methyl/N-ethyl adjacent to an activating group) is 2. The molecule has 0 unspecified atom stereocenters. The second-order valence-electron chi connectivity index (χ2n) is 12.5. The van der Waals surface area contributed by atoms with Crippen molar-refractivity contribution >= 4 is 29.4 Å². The van der Waals surface area contributed by atoms with Crippen LogP contribution in [0.25, 0.3) is 0 Å². The molecule has 1 aliphatic heterocycles. The van der Waals surface area contributed by atoms with Gasteiger partial charge in [0.2, 0.25) is 0 Å². The van der Waals surface area contributed by atoms with Gasteiger partial charge in [0.1, 0.15) is 5.82 Å². The third kappa shape index (κ3) is 11.8. The van der Waals surface area contributed by atoms with Crippen LogP contribution in [0.4, 0.5) is 15.8 Å². The number of hydrazone groups is 1. The molecule has 0 radical (unpaired) electrons. The molecule has 1 saturated heterocycles. The number of piperidine rings is 1. The molecule has 2 N–H and O–H groups in total. The van der Waals surface area contributed by atoms with Crippen LogP contribution >= 0.6 is 0 Å². The van der Waals surface area contributed by atoms with Gasteiger partial charge in [0.15, 0.2) is 0 Å². The predicted molar refractivity (Wildman–Crippen MR) is 199 cm³/mol. The summed E-state index contributed by atoms with van der Waals surface area (Å²) in [7, 11) is 0. The number of halogens is 1. The molecule has 1 aliphatic rings. The Kier molecular flexibility index (Phi) is 15.2. The number of hydrogen-bond acceptors (Lipinski definition) is 7. The first-order valence-corrected chi connectivity index (χ1v) is 17.9. The van der Waals surface area contributed by atoms with E-state index in [0.717, 1.165) is 96.1 Å². The molecule has 9 nitrogen and oxygen atoms in total. The molecule has 10 heteroatoms. The number of hydrogen-bond donors (Lipinski definition) is 2. The van der Waals surface area contributed by atoms with E-state index in [9.17, 15) is 14.0 Å². The summed E-state index contributed by atoms with van der Waals surface area (Å²) in [5, 5.41) is 7.06. The van der Waals surface area contributed by atoms with E-state index >= 15 is 0 Å². The van der Waals surface area contributed by atoms with E-state index in [1.54, 1.807) is 24.3 Å². The summed E-state index contributed by atoms with van der Waals surface area (Å²) in [6.45, 7) is 19.3. The molecule has 1 fully saturated rings. The minimum atomic E-state index is -0.465. The van der Waals surface area contributed by atoms with Crippen molar-refractivity contribution in [3.8, 4) is 0 Å². The van der Waals surface area contributed by atoms with Gasteiger partial charge in [-0.3, -0.25) is 14.5 Å². The minimum Gasteiger partial charge on any atom is -0.372 e. The fraction of sp³-hybridized carbons (Fsp3) is 0.462. The van der Waals surface area contributed by atoms with Gasteiger partial charge < -0.3 is 20.0 Å². The maximum absolute atomic E-state index is 13.7. The van der Waals surface area contributed by atoms with Gasteiger partial charge in [-0.2, -0.15) is 5.10 Å². The molecule has 0 bridgehead atoms. The SMILES string of the molecule is CCN(CC)CCN(CCN(CC)CC)Cc1cccc(C(=O)Nc2ccc(N3CCCCC3)cc2C(=O)NN=Cc2cccc(F)c2)c1. The van der Waals surface area contributed by atoms with Gasteiger partial charge in [-0.25, -0.2) is 9.82 Å². The van der Waals surface area contributed by atoms with Gasteiger partial charge in [0.05, 0.1) is 17.5 Å². The number of carbonyl (C=O) groups excluding carboxylic acids is 2. The van der Waals surface area contributed by atoms with Gasteiger partial charge >= 0.3 is 0 Å². The molecule has 3 aromatic carbocycles. The van der Waals surface area contributed by atoms with Crippen LogP contribution < -0.4 is 15.6 Å². The molecule has 0 aliphatic carbocycles. The average molecular weight is 672 g/mol. The monoisotopic (exact) mass is 671 g/mol. The zero-order valence-electron chi connectivity index (χ0n) is 29.8. The molecule has 264 valence electrons. The van der Waals surface area contributed by atoms with Crippen molar-refractivity contribution in [1.82, 2.24) is 20.1 Å². The third-order valence-electron chi connectivity index (χ3n) is 9.29. The third-order valence-corrected chi connectivity index (χ3v) is 9.29. The number of carbonyl (C=O) groups is 2. The van der Waals surface area contributed by atoms with E-state index in [2.05, 4.69) is 69.2 Å². The number of nitrogens with one attached hydrogen (secondary N) is 2. The highest BCUT2D eigenvalue weighted by Gasteiger charge is 2.19. The van der Waals surface area contributed by atoms with Crippen molar-refractivity contribution in [3.63, 3.8) is 0 Å². The Balaban J connectivity index is 1.51. The lowest BCUT2D eigenvalue weighted by Crippen LogP contribution is -2.39. The second-order valence-corrected chi connectivity index (χ2v) is 12.5. The number of anilines is 2. The summed E-state index contributed by atoms with van der Waals surface area (Å²) in [5.41, 5.74) is 6.31. The highest BCUT2D eigenvalue weighted by atomic mass is 19.1. The number of rotatable bonds is 18. The molecule has 0 saturated carbocycles. The molecule has 1 heterocycles. The maximum Gasteiger partial charge on any atom is 0.273 e. The smallest absolute Gasteiger partial charge is 0.273 e. The summed E-state index contributed by atoms with van der Waals surface area (Å²) < 4.78 is 13.6. The highest BCUT2D eigenvalue weighted by Crippen LogP contribution is 2.27. The summed E-state index contributed by atoms with van der Waals surface area (Å²) in [6, 6.07) is 19.3. The molecule has 3 aromatic rings. The second kappa shape index (κ2) is 19.8. The molecule has 4 rings (SSSR count). The molecule has 49 heavy (non-hydrogen) atoms. The quantitative estimate of drug-likeness (QED) is 0.122. The van der Waals surface area contributed by atoms with Crippen LogP contribution in [0.1, 0.15) is 78.8 Å². The molecule has 2 amide bonds. The normalized spacial score (nSPS) is 13.5. The van der Waals surface area contributed by atoms with Crippen molar-refractivity contribution in [2.45, 2.75) is 53.5 Å². The highest BCUT2D eigenvalue weighted by molar-refractivity contribution is 6.09. The standard InChI is InChI=1S/C39H54FN7O2/c1-5-44(6-2)22-24-46(25-23-45(7-3)8-4)30-32-15-12-16-33(26-32)38(48)42-37-19-18-35(47-20-10-9-11-21-47)28-36(37)39(49)43-41-29-31-14-13-17-34(40)27-31/h12-19,26-29H,5-11,20-25,30H2,1-4H3,(H,42,48)(H,43,49). The van der Waals surface area contributed by atoms with Gasteiger partial charge in [-0.15, -0.1) is 0 Å². The molecule has 0 atom stereocenters. The predicted octanol–water partition coefficient (Wildman–Crippen LogP) is 6.32. The largest absolute Gasteiger partial charge is 0.372 e. The molecule has 0 spiro atoms. The van der Waals surface area contributed by atoms with Crippen LogP contribution in [0.15, 0.2) is 71.8 Å². The van der Waals surface area contributed by atoms with Crippen LogP contribution in [-0.2, 0) is 6.54 Å². The first kappa shape index (κ1) is 37.7. The number of benzene rings is 3. The summed E-state index contributed by atoms with van der Waals surface area (Å²) in [6.07, 6.45) is 4.77. The van der Waals surface area contributed by atoms with Gasteiger partial charge in [0, 0.05) is 57.1 Å². The molecular formula is C39H54FN7O2. The van der Waals surface area contributed by atoms with Gasteiger partial charge in [-0.05, 0) is 99.0 Å². The van der Waals surface area contributed by atoms with Gasteiger partial charge in [0.25, 0.3) is 11.8 Å². The van der Waals surface area contributed by atoms with Crippen LogP contribution in [-0.4, -0.2) is 98.2 Å². The minimum absolute atomic E-state index is 0.289. The van der Waals surface area contributed by atoms with E-state index in [0.29, 0.717) is 22.4 Å². The lowest BCUT2D eigenvalue weighted by molar-refractivity contribution is 0.0956. The van der Waals surface area contributed by atoms with Gasteiger partial charge in [-0.1, -0.05) is 52.0 Å². The van der Waals surface area contributed by atoms with Crippen LogP contribution in [0, 0.1) is 5.82 Å². The Labute approximate surface area is 292 Å². The maximum atomic E-state index is 13.7. The molecular weight excluding hydrogens is 617 g/mol. The lowest BCUT2D eigenvalue weighted by Gasteiger charge is -2.29. The van der Waals surface area contributed by atoms with E-state index in [4.69, 9.17) is 0 Å². The zero-order chi connectivity index (χ0) is 35.0. The van der Waals surface area contributed by atoms with Crippen LogP contribution in [0.2, 0.25) is 0 Å². The fourth-order valence-electron chi connectivity index (χ4n) is 6.17. The van der Waals surface area contributed by atoms with E-state index in [-0.39, 0.29) is 11.7 Å². The molecule has 0 aromatic heterocycles. The summed E-state index contributed by atoms with van der Waals surface area (Å²) >= 11 is 0.